The SMILES string of the molecule is Cc1cc(NC(=O)c2cc[nH]c(=O)c2)ccc1C(=O)O. The lowest BCUT2D eigenvalue weighted by Crippen LogP contribution is -2.15. The van der Waals surface area contributed by atoms with Crippen molar-refractivity contribution >= 4 is 17.6 Å². The lowest BCUT2D eigenvalue weighted by Gasteiger charge is -2.07. The average Bonchev–Trinajstić information content (AvgIpc) is 2.38. The van der Waals surface area contributed by atoms with E-state index >= 15 is 0 Å². The van der Waals surface area contributed by atoms with Gasteiger partial charge in [-0.2, -0.15) is 0 Å². The van der Waals surface area contributed by atoms with Crippen LogP contribution >= 0.6 is 0 Å². The minimum absolute atomic E-state index is 0.180. The number of carbonyl (C=O) groups is 2. The van der Waals surface area contributed by atoms with Crippen LogP contribution in [-0.4, -0.2) is 22.0 Å². The van der Waals surface area contributed by atoms with Crippen LogP contribution in [0.1, 0.15) is 26.3 Å². The Bertz CT molecular complexity index is 734. The highest BCUT2D eigenvalue weighted by Gasteiger charge is 2.10. The Labute approximate surface area is 114 Å². The maximum atomic E-state index is 11.9. The molecule has 0 saturated carbocycles. The van der Waals surface area contributed by atoms with Crippen LogP contribution in [0.25, 0.3) is 0 Å². The molecule has 2 rings (SSSR count). The standard InChI is InChI=1S/C14H12N2O4/c1-8-6-10(2-3-11(8)14(19)20)16-13(18)9-4-5-15-12(17)7-9/h2-7H,1H3,(H,15,17)(H,16,18)(H,19,20). The van der Waals surface area contributed by atoms with Crippen molar-refractivity contribution in [2.75, 3.05) is 5.32 Å². The zero-order chi connectivity index (χ0) is 14.7. The van der Waals surface area contributed by atoms with Crippen LogP contribution in [0.3, 0.4) is 0 Å². The molecule has 2 aromatic rings. The molecule has 0 aliphatic heterocycles. The fourth-order valence-electron chi connectivity index (χ4n) is 1.77. The molecule has 1 amide bonds. The lowest BCUT2D eigenvalue weighted by atomic mass is 10.1. The van der Waals surface area contributed by atoms with E-state index in [2.05, 4.69) is 10.3 Å². The Morgan fingerprint density at radius 2 is 1.95 bits per heavy atom. The number of aromatic carboxylic acids is 1. The molecule has 0 radical (unpaired) electrons. The summed E-state index contributed by atoms with van der Waals surface area (Å²) in [7, 11) is 0. The Morgan fingerprint density at radius 1 is 1.20 bits per heavy atom. The quantitative estimate of drug-likeness (QED) is 0.790. The zero-order valence-corrected chi connectivity index (χ0v) is 10.6. The fourth-order valence-corrected chi connectivity index (χ4v) is 1.77. The van der Waals surface area contributed by atoms with E-state index in [1.54, 1.807) is 13.0 Å². The molecule has 6 nitrogen and oxygen atoms in total. The molecule has 6 heteroatoms. The van der Waals surface area contributed by atoms with Gasteiger partial charge in [-0.3, -0.25) is 9.59 Å². The second-order valence-corrected chi connectivity index (χ2v) is 4.23. The number of anilines is 1. The van der Waals surface area contributed by atoms with Gasteiger partial charge in [0, 0.05) is 23.5 Å². The zero-order valence-electron chi connectivity index (χ0n) is 10.6. The number of H-pyrrole nitrogens is 1. The molecule has 0 saturated heterocycles. The Kier molecular flexibility index (Phi) is 3.65. The number of carboxylic acid groups (broad SMARTS) is 1. The van der Waals surface area contributed by atoms with Crippen LogP contribution in [0.2, 0.25) is 0 Å². The molecule has 0 atom stereocenters. The van der Waals surface area contributed by atoms with Gasteiger partial charge in [-0.25, -0.2) is 4.79 Å². The van der Waals surface area contributed by atoms with E-state index < -0.39 is 11.9 Å². The highest BCUT2D eigenvalue weighted by atomic mass is 16.4. The van der Waals surface area contributed by atoms with E-state index in [0.717, 1.165) is 0 Å². The summed E-state index contributed by atoms with van der Waals surface area (Å²) in [4.78, 5) is 36.3. The van der Waals surface area contributed by atoms with E-state index in [1.165, 1.54) is 30.5 Å². The van der Waals surface area contributed by atoms with E-state index in [4.69, 9.17) is 5.11 Å². The molecule has 1 heterocycles. The van der Waals surface area contributed by atoms with Gasteiger partial charge in [0.2, 0.25) is 5.56 Å². The third-order valence-electron chi connectivity index (χ3n) is 2.75. The normalized spacial score (nSPS) is 10.1. The average molecular weight is 272 g/mol. The minimum atomic E-state index is -1.02. The summed E-state index contributed by atoms with van der Waals surface area (Å²) in [5, 5.41) is 11.5. The molecular weight excluding hydrogens is 260 g/mol. The largest absolute Gasteiger partial charge is 0.478 e. The monoisotopic (exact) mass is 272 g/mol. The number of hydrogen-bond acceptors (Lipinski definition) is 3. The second kappa shape index (κ2) is 5.40. The first-order chi connectivity index (χ1) is 9.47. The maximum absolute atomic E-state index is 11.9. The summed E-state index contributed by atoms with van der Waals surface area (Å²) in [6, 6.07) is 7.16. The molecule has 0 bridgehead atoms. The van der Waals surface area contributed by atoms with Crippen LogP contribution in [0.5, 0.6) is 0 Å². The first-order valence-electron chi connectivity index (χ1n) is 5.81. The Morgan fingerprint density at radius 3 is 2.55 bits per heavy atom. The minimum Gasteiger partial charge on any atom is -0.478 e. The molecule has 0 aliphatic carbocycles. The summed E-state index contributed by atoms with van der Waals surface area (Å²) in [6.07, 6.45) is 1.38. The lowest BCUT2D eigenvalue weighted by molar-refractivity contribution is 0.0696. The van der Waals surface area contributed by atoms with Crippen LogP contribution in [0.15, 0.2) is 41.3 Å². The van der Waals surface area contributed by atoms with E-state index in [-0.39, 0.29) is 16.7 Å². The first-order valence-corrected chi connectivity index (χ1v) is 5.81. The molecule has 20 heavy (non-hydrogen) atoms. The van der Waals surface area contributed by atoms with Crippen molar-refractivity contribution in [3.05, 3.63) is 63.6 Å². The number of carbonyl (C=O) groups excluding carboxylic acids is 1. The molecule has 1 aromatic carbocycles. The predicted octanol–water partition coefficient (Wildman–Crippen LogP) is 1.63. The molecular formula is C14H12N2O4. The highest BCUT2D eigenvalue weighted by Crippen LogP contribution is 2.16. The number of aromatic amines is 1. The number of rotatable bonds is 3. The van der Waals surface area contributed by atoms with Crippen molar-refractivity contribution < 1.29 is 14.7 Å². The molecule has 3 N–H and O–H groups in total. The van der Waals surface area contributed by atoms with E-state index in [1.807, 2.05) is 0 Å². The van der Waals surface area contributed by atoms with Crippen molar-refractivity contribution in [2.24, 2.45) is 0 Å². The summed E-state index contributed by atoms with van der Waals surface area (Å²) < 4.78 is 0. The Balaban J connectivity index is 2.22. The third-order valence-corrected chi connectivity index (χ3v) is 2.75. The maximum Gasteiger partial charge on any atom is 0.335 e. The highest BCUT2D eigenvalue weighted by molar-refractivity contribution is 6.04. The van der Waals surface area contributed by atoms with E-state index in [0.29, 0.717) is 11.3 Å². The van der Waals surface area contributed by atoms with Crippen molar-refractivity contribution in [3.63, 3.8) is 0 Å². The van der Waals surface area contributed by atoms with Gasteiger partial charge < -0.3 is 15.4 Å². The third kappa shape index (κ3) is 2.92. The van der Waals surface area contributed by atoms with Crippen molar-refractivity contribution in [3.8, 4) is 0 Å². The number of benzene rings is 1. The predicted molar refractivity (Wildman–Crippen MR) is 73.2 cm³/mol. The number of hydrogen-bond donors (Lipinski definition) is 3. The summed E-state index contributed by atoms with van der Waals surface area (Å²) in [5.41, 5.74) is 1.06. The van der Waals surface area contributed by atoms with Crippen molar-refractivity contribution in [1.29, 1.82) is 0 Å². The fraction of sp³-hybridized carbons (Fsp3) is 0.0714. The molecule has 102 valence electrons. The van der Waals surface area contributed by atoms with Gasteiger partial charge in [0.1, 0.15) is 0 Å². The molecule has 0 unspecified atom stereocenters. The van der Waals surface area contributed by atoms with Gasteiger partial charge >= 0.3 is 5.97 Å². The number of nitrogens with one attached hydrogen (secondary N) is 2. The van der Waals surface area contributed by atoms with Crippen LogP contribution in [0.4, 0.5) is 5.69 Å². The van der Waals surface area contributed by atoms with Gasteiger partial charge in [0.05, 0.1) is 5.56 Å². The van der Waals surface area contributed by atoms with E-state index in [9.17, 15) is 14.4 Å². The number of aryl methyl sites for hydroxylation is 1. The smallest absolute Gasteiger partial charge is 0.335 e. The van der Waals surface area contributed by atoms with Crippen LogP contribution in [-0.2, 0) is 0 Å². The van der Waals surface area contributed by atoms with Gasteiger partial charge in [-0.05, 0) is 36.8 Å². The number of carboxylic acids is 1. The second-order valence-electron chi connectivity index (χ2n) is 4.23. The van der Waals surface area contributed by atoms with Gasteiger partial charge in [-0.1, -0.05) is 0 Å². The summed E-state index contributed by atoms with van der Waals surface area (Å²) in [6.45, 7) is 1.65. The van der Waals surface area contributed by atoms with Crippen LogP contribution in [0, 0.1) is 6.92 Å². The summed E-state index contributed by atoms with van der Waals surface area (Å²) >= 11 is 0. The number of pyridine rings is 1. The first kappa shape index (κ1) is 13.5. The molecule has 0 aliphatic rings. The van der Waals surface area contributed by atoms with Crippen molar-refractivity contribution in [1.82, 2.24) is 4.98 Å². The van der Waals surface area contributed by atoms with Crippen LogP contribution < -0.4 is 10.9 Å². The summed E-state index contributed by atoms with van der Waals surface area (Å²) in [5.74, 6) is -1.45. The van der Waals surface area contributed by atoms with Gasteiger partial charge in [0.15, 0.2) is 0 Å². The molecule has 0 spiro atoms. The Hall–Kier alpha value is -2.89. The van der Waals surface area contributed by atoms with Gasteiger partial charge in [-0.15, -0.1) is 0 Å². The topological polar surface area (TPSA) is 99.3 Å². The van der Waals surface area contributed by atoms with Crippen molar-refractivity contribution in [2.45, 2.75) is 6.92 Å². The molecule has 1 aromatic heterocycles. The number of amides is 1. The molecule has 0 fully saturated rings. The van der Waals surface area contributed by atoms with Gasteiger partial charge in [0.25, 0.3) is 5.91 Å². The number of aromatic nitrogens is 1.